The van der Waals surface area contributed by atoms with Gasteiger partial charge < -0.3 is 14.8 Å². The van der Waals surface area contributed by atoms with Gasteiger partial charge >= 0.3 is 0 Å². The van der Waals surface area contributed by atoms with E-state index in [1.165, 1.54) is 6.21 Å². The second-order valence-electron chi connectivity index (χ2n) is 7.99. The molecule has 182 valence electrons. The van der Waals surface area contributed by atoms with Gasteiger partial charge in [-0.15, -0.1) is 0 Å². The first-order valence-electron chi connectivity index (χ1n) is 11.1. The van der Waals surface area contributed by atoms with Crippen LogP contribution in [0.15, 0.2) is 65.8 Å². The second-order valence-corrected chi connectivity index (χ2v) is 8.42. The van der Waals surface area contributed by atoms with Crippen LogP contribution in [0.25, 0.3) is 0 Å². The van der Waals surface area contributed by atoms with Crippen molar-refractivity contribution in [3.05, 3.63) is 87.9 Å². The molecule has 0 bridgehead atoms. The van der Waals surface area contributed by atoms with Crippen molar-refractivity contribution in [1.82, 2.24) is 5.43 Å². The van der Waals surface area contributed by atoms with Gasteiger partial charge in [0.15, 0.2) is 11.5 Å². The maximum absolute atomic E-state index is 12.2. The lowest BCUT2D eigenvalue weighted by Crippen LogP contribution is -2.21. The maximum Gasteiger partial charge on any atom is 0.240 e. The number of halogens is 1. The molecule has 0 atom stereocenters. The van der Waals surface area contributed by atoms with Gasteiger partial charge in [0.05, 0.1) is 13.3 Å². The molecule has 0 unspecified atom stereocenters. The Balaban J connectivity index is 1.47. The number of nitrogens with zero attached hydrogens (tertiary/aromatic N) is 1. The zero-order valence-corrected chi connectivity index (χ0v) is 20.7. The number of hydrazone groups is 1. The Kier molecular flexibility index (Phi) is 9.26. The summed E-state index contributed by atoms with van der Waals surface area (Å²) in [7, 11) is 1.55. The predicted molar refractivity (Wildman–Crippen MR) is 138 cm³/mol. The topological polar surface area (TPSA) is 89.0 Å². The van der Waals surface area contributed by atoms with E-state index in [2.05, 4.69) is 15.8 Å². The molecule has 2 N–H and O–H groups in total. The highest BCUT2D eigenvalue weighted by Crippen LogP contribution is 2.28. The Morgan fingerprint density at radius 3 is 2.43 bits per heavy atom. The van der Waals surface area contributed by atoms with Crippen LogP contribution in [0.4, 0.5) is 5.69 Å². The van der Waals surface area contributed by atoms with E-state index >= 15 is 0 Å². The van der Waals surface area contributed by atoms with E-state index < -0.39 is 0 Å². The molecule has 3 aromatic rings. The van der Waals surface area contributed by atoms with Crippen LogP contribution in [0.1, 0.15) is 35.1 Å². The minimum Gasteiger partial charge on any atom is -0.493 e. The van der Waals surface area contributed by atoms with Crippen LogP contribution < -0.4 is 20.2 Å². The number of nitrogens with one attached hydrogen (secondary N) is 2. The molecule has 3 aromatic carbocycles. The molecule has 0 heterocycles. The quantitative estimate of drug-likeness (QED) is 0.292. The molecule has 0 aliphatic rings. The Hall–Kier alpha value is -3.84. The zero-order chi connectivity index (χ0) is 25.2. The van der Waals surface area contributed by atoms with Gasteiger partial charge in [0.1, 0.15) is 6.61 Å². The minimum atomic E-state index is -0.354. The summed E-state index contributed by atoms with van der Waals surface area (Å²) in [6.45, 7) is 4.25. The Bertz CT molecular complexity index is 1210. The fraction of sp³-hybridized carbons (Fsp3) is 0.222. The van der Waals surface area contributed by atoms with Crippen LogP contribution in [-0.4, -0.2) is 25.1 Å². The molecule has 0 aromatic heterocycles. The van der Waals surface area contributed by atoms with E-state index in [4.69, 9.17) is 21.1 Å². The monoisotopic (exact) mass is 493 g/mol. The van der Waals surface area contributed by atoms with Crippen molar-refractivity contribution < 1.29 is 19.1 Å². The fourth-order valence-electron chi connectivity index (χ4n) is 3.17. The van der Waals surface area contributed by atoms with Gasteiger partial charge in [-0.2, -0.15) is 5.10 Å². The number of rotatable bonds is 10. The van der Waals surface area contributed by atoms with Crippen LogP contribution in [-0.2, 0) is 16.2 Å². The van der Waals surface area contributed by atoms with Crippen molar-refractivity contribution in [2.75, 3.05) is 12.4 Å². The Labute approximate surface area is 210 Å². The molecule has 0 aliphatic carbocycles. The third kappa shape index (κ3) is 8.15. The zero-order valence-electron chi connectivity index (χ0n) is 19.9. The Morgan fingerprint density at radius 1 is 0.943 bits per heavy atom. The summed E-state index contributed by atoms with van der Waals surface area (Å²) < 4.78 is 11.3. The average Bonchev–Trinajstić information content (AvgIpc) is 2.85. The first kappa shape index (κ1) is 25.8. The SMILES string of the molecule is COc1cc(C=NNC(=O)CCC(=O)Nc2cc(C)ccc2C)ccc1OCc1ccc(Cl)cc1. The lowest BCUT2D eigenvalue weighted by Gasteiger charge is -2.11. The van der Waals surface area contributed by atoms with Crippen molar-refractivity contribution in [3.63, 3.8) is 0 Å². The highest BCUT2D eigenvalue weighted by molar-refractivity contribution is 6.30. The summed E-state index contributed by atoms with van der Waals surface area (Å²) in [4.78, 5) is 24.2. The molecular formula is C27H28ClN3O4. The number of amides is 2. The van der Waals surface area contributed by atoms with Crippen molar-refractivity contribution in [3.8, 4) is 11.5 Å². The second kappa shape index (κ2) is 12.6. The number of ether oxygens (including phenoxy) is 2. The molecule has 35 heavy (non-hydrogen) atoms. The van der Waals surface area contributed by atoms with Gasteiger partial charge in [-0.25, -0.2) is 5.43 Å². The van der Waals surface area contributed by atoms with Gasteiger partial charge in [-0.1, -0.05) is 35.9 Å². The number of anilines is 1. The van der Waals surface area contributed by atoms with Crippen molar-refractivity contribution in [2.45, 2.75) is 33.3 Å². The molecule has 2 amide bonds. The minimum absolute atomic E-state index is 0.0227. The van der Waals surface area contributed by atoms with Crippen molar-refractivity contribution in [1.29, 1.82) is 0 Å². The number of carbonyl (C=O) groups excluding carboxylic acids is 2. The van der Waals surface area contributed by atoms with E-state index in [1.807, 2.05) is 56.3 Å². The summed E-state index contributed by atoms with van der Waals surface area (Å²) in [6, 6.07) is 18.6. The molecule has 0 saturated carbocycles. The smallest absolute Gasteiger partial charge is 0.240 e. The largest absolute Gasteiger partial charge is 0.493 e. The van der Waals surface area contributed by atoms with Gasteiger partial charge in [0, 0.05) is 23.6 Å². The molecule has 8 heteroatoms. The third-order valence-electron chi connectivity index (χ3n) is 5.14. The van der Waals surface area contributed by atoms with E-state index in [0.717, 1.165) is 22.4 Å². The van der Waals surface area contributed by atoms with Crippen LogP contribution in [0.5, 0.6) is 11.5 Å². The molecular weight excluding hydrogens is 466 g/mol. The summed E-state index contributed by atoms with van der Waals surface area (Å²) >= 11 is 5.91. The number of aryl methyl sites for hydroxylation is 2. The van der Waals surface area contributed by atoms with Gasteiger partial charge in [-0.3, -0.25) is 9.59 Å². The molecule has 0 spiro atoms. The first-order chi connectivity index (χ1) is 16.8. The van der Waals surface area contributed by atoms with E-state index in [1.54, 1.807) is 25.3 Å². The number of hydrogen-bond acceptors (Lipinski definition) is 5. The van der Waals surface area contributed by atoms with Gasteiger partial charge in [0.25, 0.3) is 0 Å². The predicted octanol–water partition coefficient (Wildman–Crippen LogP) is 5.41. The summed E-state index contributed by atoms with van der Waals surface area (Å²) in [5.74, 6) is 0.542. The first-order valence-corrected chi connectivity index (χ1v) is 11.5. The van der Waals surface area contributed by atoms with Crippen molar-refractivity contribution >= 4 is 35.3 Å². The number of hydrogen-bond donors (Lipinski definition) is 2. The molecule has 0 radical (unpaired) electrons. The standard InChI is InChI=1S/C27H28ClN3O4/c1-18-4-5-19(2)23(14-18)30-26(32)12-13-27(33)31-29-16-21-8-11-24(25(15-21)34-3)35-17-20-6-9-22(28)10-7-20/h4-11,14-16H,12-13,17H2,1-3H3,(H,30,32)(H,31,33). The van der Waals surface area contributed by atoms with Crippen LogP contribution in [0.2, 0.25) is 5.02 Å². The maximum atomic E-state index is 12.2. The average molecular weight is 494 g/mol. The normalized spacial score (nSPS) is 10.7. The third-order valence-corrected chi connectivity index (χ3v) is 5.40. The highest BCUT2D eigenvalue weighted by Gasteiger charge is 2.09. The van der Waals surface area contributed by atoms with Gasteiger partial charge in [-0.05, 0) is 72.5 Å². The summed E-state index contributed by atoms with van der Waals surface area (Å²) in [6.07, 6.45) is 1.58. The van der Waals surface area contributed by atoms with E-state index in [-0.39, 0.29) is 24.7 Å². The summed E-state index contributed by atoms with van der Waals surface area (Å²) in [5.41, 5.74) is 6.91. The number of benzene rings is 3. The lowest BCUT2D eigenvalue weighted by molar-refractivity contribution is -0.124. The molecule has 3 rings (SSSR count). The summed E-state index contributed by atoms with van der Waals surface area (Å²) in [5, 5.41) is 7.48. The van der Waals surface area contributed by atoms with E-state index in [0.29, 0.717) is 28.7 Å². The number of methoxy groups -OCH3 is 1. The Morgan fingerprint density at radius 2 is 1.69 bits per heavy atom. The van der Waals surface area contributed by atoms with Crippen LogP contribution in [0, 0.1) is 13.8 Å². The van der Waals surface area contributed by atoms with Crippen LogP contribution in [0.3, 0.4) is 0 Å². The molecule has 0 aliphatic heterocycles. The van der Waals surface area contributed by atoms with Crippen LogP contribution >= 0.6 is 11.6 Å². The lowest BCUT2D eigenvalue weighted by atomic mass is 10.1. The highest BCUT2D eigenvalue weighted by atomic mass is 35.5. The molecule has 0 saturated heterocycles. The molecule has 0 fully saturated rings. The fourth-order valence-corrected chi connectivity index (χ4v) is 3.30. The van der Waals surface area contributed by atoms with Crippen molar-refractivity contribution in [2.24, 2.45) is 5.10 Å². The van der Waals surface area contributed by atoms with Gasteiger partial charge in [0.2, 0.25) is 11.8 Å². The molecule has 7 nitrogen and oxygen atoms in total. The number of carbonyl (C=O) groups is 2. The van der Waals surface area contributed by atoms with E-state index in [9.17, 15) is 9.59 Å².